The second-order valence-corrected chi connectivity index (χ2v) is 9.09. The van der Waals surface area contributed by atoms with Gasteiger partial charge in [-0.1, -0.05) is 54.1 Å². The molecule has 0 radical (unpaired) electrons. The highest BCUT2D eigenvalue weighted by Crippen LogP contribution is 2.34. The van der Waals surface area contributed by atoms with Crippen LogP contribution in [0.5, 0.6) is 0 Å². The summed E-state index contributed by atoms with van der Waals surface area (Å²) in [5.41, 5.74) is -0.438. The summed E-state index contributed by atoms with van der Waals surface area (Å²) in [6, 6.07) is 19.1. The van der Waals surface area contributed by atoms with Crippen LogP contribution in [-0.2, 0) is 6.18 Å². The zero-order valence-electron chi connectivity index (χ0n) is 18.9. The van der Waals surface area contributed by atoms with Gasteiger partial charge in [0.15, 0.2) is 5.78 Å². The number of halogens is 4. The van der Waals surface area contributed by atoms with Gasteiger partial charge in [0.1, 0.15) is 0 Å². The molecule has 7 heteroatoms. The molecule has 0 N–H and O–H groups in total. The summed E-state index contributed by atoms with van der Waals surface area (Å²) in [5.74, 6) is -0.801. The fourth-order valence-corrected chi connectivity index (χ4v) is 3.54. The summed E-state index contributed by atoms with van der Waals surface area (Å²) >= 11 is 5.96. The van der Waals surface area contributed by atoms with E-state index in [2.05, 4.69) is 0 Å². The Bertz CT molecular complexity index is 1190. The summed E-state index contributed by atoms with van der Waals surface area (Å²) in [4.78, 5) is 28.1. The van der Waals surface area contributed by atoms with Gasteiger partial charge in [-0.2, -0.15) is 13.2 Å². The van der Waals surface area contributed by atoms with E-state index in [4.69, 9.17) is 11.6 Å². The number of alkyl halides is 3. The average molecular weight is 486 g/mol. The number of carbonyl (C=O) groups excluding carboxylic acids is 2. The zero-order chi connectivity index (χ0) is 25.1. The Morgan fingerprint density at radius 3 is 1.79 bits per heavy atom. The highest BCUT2D eigenvalue weighted by atomic mass is 35.5. The molecular weight excluding hydrogens is 463 g/mol. The van der Waals surface area contributed by atoms with Gasteiger partial charge in [0.25, 0.3) is 5.91 Å². The molecule has 0 saturated heterocycles. The molecule has 176 valence electrons. The third-order valence-corrected chi connectivity index (χ3v) is 5.29. The van der Waals surface area contributed by atoms with Gasteiger partial charge in [0, 0.05) is 27.8 Å². The van der Waals surface area contributed by atoms with Gasteiger partial charge in [-0.05, 0) is 62.7 Å². The molecule has 0 fully saturated rings. The number of allylic oxidation sites excluding steroid dienone is 1. The fourth-order valence-electron chi connectivity index (χ4n) is 3.41. The van der Waals surface area contributed by atoms with Gasteiger partial charge < -0.3 is 4.90 Å². The lowest BCUT2D eigenvalue weighted by Crippen LogP contribution is -2.44. The lowest BCUT2D eigenvalue weighted by molar-refractivity contribution is -0.137. The summed E-state index contributed by atoms with van der Waals surface area (Å²) in [7, 11) is 0. The van der Waals surface area contributed by atoms with Gasteiger partial charge in [0.2, 0.25) is 0 Å². The first-order chi connectivity index (χ1) is 15.9. The summed E-state index contributed by atoms with van der Waals surface area (Å²) < 4.78 is 39.4. The molecule has 0 saturated carbocycles. The number of nitrogens with zero attached hydrogens (tertiary/aromatic N) is 1. The maximum Gasteiger partial charge on any atom is 0.416 e. The van der Waals surface area contributed by atoms with Crippen molar-refractivity contribution in [3.8, 4) is 0 Å². The third-order valence-electron chi connectivity index (χ3n) is 5.04. The van der Waals surface area contributed by atoms with E-state index in [-0.39, 0.29) is 11.5 Å². The zero-order valence-corrected chi connectivity index (χ0v) is 19.6. The van der Waals surface area contributed by atoms with Gasteiger partial charge in [-0.25, -0.2) is 0 Å². The maximum atomic E-state index is 13.6. The molecule has 0 aliphatic carbocycles. The molecule has 0 heterocycles. The van der Waals surface area contributed by atoms with Crippen molar-refractivity contribution in [3.63, 3.8) is 0 Å². The van der Waals surface area contributed by atoms with Crippen LogP contribution in [0.4, 0.5) is 13.2 Å². The third kappa shape index (κ3) is 5.94. The SMILES string of the molecule is CC(C)(C)N(C(=O)c1ccc(Cl)cc1)/C(=C\C(=O)c1ccccc1)c1ccc(C(F)(F)F)cc1. The number of carbonyl (C=O) groups is 2. The highest BCUT2D eigenvalue weighted by molar-refractivity contribution is 6.30. The number of hydrogen-bond donors (Lipinski definition) is 0. The quantitative estimate of drug-likeness (QED) is 0.277. The Hall–Kier alpha value is -3.38. The molecule has 34 heavy (non-hydrogen) atoms. The van der Waals surface area contributed by atoms with E-state index < -0.39 is 23.2 Å². The Morgan fingerprint density at radius 2 is 1.29 bits per heavy atom. The van der Waals surface area contributed by atoms with E-state index in [9.17, 15) is 22.8 Å². The first-order valence-electron chi connectivity index (χ1n) is 10.5. The van der Waals surface area contributed by atoms with Gasteiger partial charge >= 0.3 is 6.18 Å². The van der Waals surface area contributed by atoms with Crippen LogP contribution in [0, 0.1) is 0 Å². The molecule has 3 rings (SSSR count). The molecule has 0 unspecified atom stereocenters. The Balaban J connectivity index is 2.18. The molecule has 0 spiro atoms. The fraction of sp³-hybridized carbons (Fsp3) is 0.185. The van der Waals surface area contributed by atoms with Crippen LogP contribution in [0.25, 0.3) is 5.70 Å². The summed E-state index contributed by atoms with van der Waals surface area (Å²) in [6.45, 7) is 5.35. The maximum absolute atomic E-state index is 13.6. The molecule has 0 atom stereocenters. The molecule has 3 aromatic carbocycles. The Morgan fingerprint density at radius 1 is 0.765 bits per heavy atom. The van der Waals surface area contributed by atoms with E-state index in [0.29, 0.717) is 21.7 Å². The van der Waals surface area contributed by atoms with E-state index in [1.807, 2.05) is 0 Å². The second kappa shape index (κ2) is 9.85. The lowest BCUT2D eigenvalue weighted by Gasteiger charge is -2.38. The van der Waals surface area contributed by atoms with Crippen molar-refractivity contribution in [1.29, 1.82) is 0 Å². The molecule has 3 nitrogen and oxygen atoms in total. The van der Waals surface area contributed by atoms with Crippen LogP contribution >= 0.6 is 11.6 Å². The van der Waals surface area contributed by atoms with Crippen molar-refractivity contribution in [2.24, 2.45) is 0 Å². The first kappa shape index (κ1) is 25.2. The minimum Gasteiger partial charge on any atom is -0.302 e. The van der Waals surface area contributed by atoms with Crippen molar-refractivity contribution in [1.82, 2.24) is 4.90 Å². The van der Waals surface area contributed by atoms with Gasteiger partial charge in [-0.3, -0.25) is 9.59 Å². The molecule has 0 aliphatic heterocycles. The smallest absolute Gasteiger partial charge is 0.302 e. The standard InChI is InChI=1S/C27H23ClF3NO2/c1-26(2,3)32(25(34)20-11-15-22(28)16-12-20)23(17-24(33)19-7-5-4-6-8-19)18-9-13-21(14-10-18)27(29,30)31/h4-17H,1-3H3/b23-17-. The number of rotatable bonds is 5. The number of hydrogen-bond acceptors (Lipinski definition) is 2. The Kier molecular flexibility index (Phi) is 7.32. The monoisotopic (exact) mass is 485 g/mol. The van der Waals surface area contributed by atoms with Crippen molar-refractivity contribution >= 4 is 29.0 Å². The molecule has 3 aromatic rings. The normalized spacial score (nSPS) is 12.4. The second-order valence-electron chi connectivity index (χ2n) is 8.65. The van der Waals surface area contributed by atoms with Crippen LogP contribution < -0.4 is 0 Å². The van der Waals surface area contributed by atoms with Crippen LogP contribution in [0.3, 0.4) is 0 Å². The number of ketones is 1. The molecular formula is C27H23ClF3NO2. The largest absolute Gasteiger partial charge is 0.416 e. The van der Waals surface area contributed by atoms with Gasteiger partial charge in [-0.15, -0.1) is 0 Å². The number of benzene rings is 3. The predicted octanol–water partition coefficient (Wildman–Crippen LogP) is 7.52. The Labute approximate surface area is 201 Å². The van der Waals surface area contributed by atoms with E-state index in [0.717, 1.165) is 12.1 Å². The minimum atomic E-state index is -4.51. The predicted molar refractivity (Wildman–Crippen MR) is 128 cm³/mol. The lowest BCUT2D eigenvalue weighted by atomic mass is 9.97. The summed E-state index contributed by atoms with van der Waals surface area (Å²) in [5, 5.41) is 0.455. The molecule has 0 bridgehead atoms. The van der Waals surface area contributed by atoms with Crippen molar-refractivity contribution in [2.45, 2.75) is 32.5 Å². The van der Waals surface area contributed by atoms with Crippen LogP contribution in [-0.4, -0.2) is 22.1 Å². The molecule has 0 aromatic heterocycles. The van der Waals surface area contributed by atoms with Crippen molar-refractivity contribution in [3.05, 3.63) is 112 Å². The average Bonchev–Trinajstić information content (AvgIpc) is 2.78. The summed E-state index contributed by atoms with van der Waals surface area (Å²) in [6.07, 6.45) is -3.22. The van der Waals surface area contributed by atoms with Crippen molar-refractivity contribution < 1.29 is 22.8 Å². The molecule has 1 amide bonds. The minimum absolute atomic E-state index is 0.190. The van der Waals surface area contributed by atoms with Crippen molar-refractivity contribution in [2.75, 3.05) is 0 Å². The van der Waals surface area contributed by atoms with E-state index >= 15 is 0 Å². The van der Waals surface area contributed by atoms with Crippen LogP contribution in [0.1, 0.15) is 52.6 Å². The molecule has 0 aliphatic rings. The highest BCUT2D eigenvalue weighted by Gasteiger charge is 2.33. The first-order valence-corrected chi connectivity index (χ1v) is 10.8. The van der Waals surface area contributed by atoms with E-state index in [1.165, 1.54) is 23.1 Å². The van der Waals surface area contributed by atoms with E-state index in [1.54, 1.807) is 75.4 Å². The van der Waals surface area contributed by atoms with Gasteiger partial charge in [0.05, 0.1) is 11.3 Å². The van der Waals surface area contributed by atoms with Crippen LogP contribution in [0.15, 0.2) is 84.9 Å². The van der Waals surface area contributed by atoms with Crippen LogP contribution in [0.2, 0.25) is 5.02 Å². The number of amides is 1. The topological polar surface area (TPSA) is 37.4 Å².